The second-order valence-corrected chi connectivity index (χ2v) is 6.58. The molecule has 1 fully saturated rings. The Kier molecular flexibility index (Phi) is 6.69. The van der Waals surface area contributed by atoms with Gasteiger partial charge in [-0.3, -0.25) is 0 Å². The Balaban J connectivity index is 2.03. The summed E-state index contributed by atoms with van der Waals surface area (Å²) in [4.78, 5) is 2.49. The fourth-order valence-electron chi connectivity index (χ4n) is 2.06. The lowest BCUT2D eigenvalue weighted by atomic mass is 9.99. The van der Waals surface area contributed by atoms with Crippen molar-refractivity contribution in [1.82, 2.24) is 10.2 Å². The molecule has 0 aromatic carbocycles. The van der Waals surface area contributed by atoms with Gasteiger partial charge in [0.05, 0.1) is 0 Å². The van der Waals surface area contributed by atoms with Crippen molar-refractivity contribution in [2.45, 2.75) is 31.9 Å². The smallest absolute Gasteiger partial charge is 0.00695 e. The van der Waals surface area contributed by atoms with E-state index < -0.39 is 0 Å². The van der Waals surface area contributed by atoms with Crippen LogP contribution in [0.15, 0.2) is 0 Å². The van der Waals surface area contributed by atoms with Crippen LogP contribution < -0.4 is 5.32 Å². The first-order chi connectivity index (χ1) is 7.18. The Morgan fingerprint density at radius 2 is 2.27 bits per heavy atom. The van der Waals surface area contributed by atoms with E-state index in [-0.39, 0.29) is 0 Å². The number of hydrogen-bond donors (Lipinski definition) is 1. The average molecular weight is 230 g/mol. The molecule has 0 unspecified atom stereocenters. The zero-order valence-corrected chi connectivity index (χ0v) is 11.3. The number of nitrogens with zero attached hydrogens (tertiary/aromatic N) is 1. The highest BCUT2D eigenvalue weighted by Crippen LogP contribution is 2.12. The van der Waals surface area contributed by atoms with E-state index in [1.54, 1.807) is 0 Å². The van der Waals surface area contributed by atoms with Crippen LogP contribution in [0.2, 0.25) is 0 Å². The zero-order chi connectivity index (χ0) is 11.1. The van der Waals surface area contributed by atoms with Crippen LogP contribution in [0.4, 0.5) is 0 Å². The molecule has 1 rings (SSSR count). The van der Waals surface area contributed by atoms with E-state index in [1.807, 2.05) is 0 Å². The first kappa shape index (κ1) is 13.3. The molecule has 0 bridgehead atoms. The normalized spacial score (nSPS) is 22.6. The highest BCUT2D eigenvalue weighted by Gasteiger charge is 2.14. The van der Waals surface area contributed by atoms with Crippen LogP contribution in [0.3, 0.4) is 0 Å². The molecule has 2 nitrogen and oxygen atoms in total. The van der Waals surface area contributed by atoms with E-state index in [9.17, 15) is 0 Å². The van der Waals surface area contributed by atoms with Gasteiger partial charge in [0.25, 0.3) is 0 Å². The quantitative estimate of drug-likeness (QED) is 0.752. The lowest BCUT2D eigenvalue weighted by Gasteiger charge is -2.27. The van der Waals surface area contributed by atoms with Crippen molar-refractivity contribution in [3.8, 4) is 0 Å². The molecule has 0 radical (unpaired) electrons. The molecule has 1 aliphatic rings. The molecular weight excluding hydrogens is 204 g/mol. The topological polar surface area (TPSA) is 15.3 Å². The lowest BCUT2D eigenvalue weighted by molar-refractivity contribution is 0.253. The lowest BCUT2D eigenvalue weighted by Crippen LogP contribution is -2.37. The second kappa shape index (κ2) is 7.53. The van der Waals surface area contributed by atoms with Gasteiger partial charge in [-0.15, -0.1) is 0 Å². The molecule has 0 saturated carbocycles. The van der Waals surface area contributed by atoms with Gasteiger partial charge in [0.15, 0.2) is 0 Å². The average Bonchev–Trinajstić information content (AvgIpc) is 2.18. The molecule has 1 heterocycles. The minimum Gasteiger partial charge on any atom is -0.316 e. The molecule has 3 heteroatoms. The summed E-state index contributed by atoms with van der Waals surface area (Å²) >= 11 is 2.06. The molecule has 0 amide bonds. The number of thioether (sulfide) groups is 1. The fourth-order valence-corrected chi connectivity index (χ4v) is 2.94. The summed E-state index contributed by atoms with van der Waals surface area (Å²) < 4.78 is 0. The highest BCUT2D eigenvalue weighted by molar-refractivity contribution is 7.99. The SMILES string of the molecule is CC(C)SCCN(C)C[C@H]1CCCNC1. The van der Waals surface area contributed by atoms with E-state index >= 15 is 0 Å². The molecule has 90 valence electrons. The monoisotopic (exact) mass is 230 g/mol. The summed E-state index contributed by atoms with van der Waals surface area (Å²) in [5.41, 5.74) is 0. The second-order valence-electron chi connectivity index (χ2n) is 4.89. The Labute approximate surface area is 99.2 Å². The molecule has 1 saturated heterocycles. The molecular formula is C12H26N2S. The van der Waals surface area contributed by atoms with Crippen molar-refractivity contribution in [3.05, 3.63) is 0 Å². The van der Waals surface area contributed by atoms with Crippen LogP contribution in [0.5, 0.6) is 0 Å². The minimum absolute atomic E-state index is 0.773. The van der Waals surface area contributed by atoms with Crippen molar-refractivity contribution < 1.29 is 0 Å². The summed E-state index contributed by atoms with van der Waals surface area (Å²) in [5.74, 6) is 2.15. The first-order valence-electron chi connectivity index (χ1n) is 6.19. The summed E-state index contributed by atoms with van der Waals surface area (Å²) in [7, 11) is 2.26. The maximum atomic E-state index is 3.48. The molecule has 1 aliphatic heterocycles. The Morgan fingerprint density at radius 1 is 1.47 bits per heavy atom. The van der Waals surface area contributed by atoms with E-state index in [0.717, 1.165) is 11.2 Å². The highest BCUT2D eigenvalue weighted by atomic mass is 32.2. The van der Waals surface area contributed by atoms with Gasteiger partial charge >= 0.3 is 0 Å². The van der Waals surface area contributed by atoms with E-state index in [0.29, 0.717) is 0 Å². The van der Waals surface area contributed by atoms with Gasteiger partial charge in [-0.2, -0.15) is 11.8 Å². The van der Waals surface area contributed by atoms with Crippen molar-refractivity contribution >= 4 is 11.8 Å². The standard InChI is InChI=1S/C12H26N2S/c1-11(2)15-8-7-14(3)10-12-5-4-6-13-9-12/h11-13H,4-10H2,1-3H3/t12-/m0/s1. The van der Waals surface area contributed by atoms with Gasteiger partial charge in [0.2, 0.25) is 0 Å². The number of piperidine rings is 1. The maximum absolute atomic E-state index is 3.48. The van der Waals surface area contributed by atoms with Gasteiger partial charge in [0, 0.05) is 18.8 Å². The maximum Gasteiger partial charge on any atom is 0.00695 e. The van der Waals surface area contributed by atoms with Crippen molar-refractivity contribution in [3.63, 3.8) is 0 Å². The number of nitrogens with one attached hydrogen (secondary N) is 1. The van der Waals surface area contributed by atoms with E-state index in [1.165, 1.54) is 44.8 Å². The summed E-state index contributed by atoms with van der Waals surface area (Å²) in [5, 5.41) is 4.26. The summed E-state index contributed by atoms with van der Waals surface area (Å²) in [6.07, 6.45) is 2.77. The van der Waals surface area contributed by atoms with Gasteiger partial charge in [-0.1, -0.05) is 13.8 Å². The van der Waals surface area contributed by atoms with E-state index in [2.05, 4.69) is 42.9 Å². The number of hydrogen-bond acceptors (Lipinski definition) is 3. The molecule has 0 aromatic rings. The Bertz CT molecular complexity index is 156. The third kappa shape index (κ3) is 6.44. The molecule has 0 aliphatic carbocycles. The van der Waals surface area contributed by atoms with Crippen LogP contribution in [-0.4, -0.2) is 49.1 Å². The van der Waals surface area contributed by atoms with E-state index in [4.69, 9.17) is 0 Å². The number of rotatable bonds is 6. The van der Waals surface area contributed by atoms with Crippen LogP contribution in [-0.2, 0) is 0 Å². The first-order valence-corrected chi connectivity index (χ1v) is 7.24. The minimum atomic E-state index is 0.773. The summed E-state index contributed by atoms with van der Waals surface area (Å²) in [6.45, 7) is 9.50. The van der Waals surface area contributed by atoms with Crippen molar-refractivity contribution in [2.24, 2.45) is 5.92 Å². The van der Waals surface area contributed by atoms with Gasteiger partial charge in [-0.25, -0.2) is 0 Å². The fraction of sp³-hybridized carbons (Fsp3) is 1.00. The van der Waals surface area contributed by atoms with Crippen LogP contribution >= 0.6 is 11.8 Å². The third-order valence-corrected chi connectivity index (χ3v) is 3.98. The third-order valence-electron chi connectivity index (χ3n) is 2.89. The zero-order valence-electron chi connectivity index (χ0n) is 10.5. The van der Waals surface area contributed by atoms with Gasteiger partial charge in [-0.05, 0) is 44.1 Å². The molecule has 1 atom stereocenters. The van der Waals surface area contributed by atoms with Gasteiger partial charge < -0.3 is 10.2 Å². The Morgan fingerprint density at radius 3 is 2.87 bits per heavy atom. The predicted octanol–water partition coefficient (Wildman–Crippen LogP) is 2.06. The van der Waals surface area contributed by atoms with Crippen molar-refractivity contribution in [2.75, 3.05) is 39.0 Å². The predicted molar refractivity (Wildman–Crippen MR) is 70.7 cm³/mol. The van der Waals surface area contributed by atoms with Crippen molar-refractivity contribution in [1.29, 1.82) is 0 Å². The Hall–Kier alpha value is 0.270. The van der Waals surface area contributed by atoms with Crippen LogP contribution in [0, 0.1) is 5.92 Å². The molecule has 0 spiro atoms. The van der Waals surface area contributed by atoms with Crippen LogP contribution in [0.25, 0.3) is 0 Å². The van der Waals surface area contributed by atoms with Gasteiger partial charge in [0.1, 0.15) is 0 Å². The summed E-state index contributed by atoms with van der Waals surface area (Å²) in [6, 6.07) is 0. The molecule has 1 N–H and O–H groups in total. The van der Waals surface area contributed by atoms with Crippen LogP contribution in [0.1, 0.15) is 26.7 Å². The largest absolute Gasteiger partial charge is 0.316 e. The molecule has 0 aromatic heterocycles. The molecule has 15 heavy (non-hydrogen) atoms.